The third-order valence-electron chi connectivity index (χ3n) is 2.94. The fraction of sp³-hybridized carbons (Fsp3) is 0.188. The van der Waals surface area contributed by atoms with Crippen LogP contribution in [0.1, 0.15) is 17.2 Å². The molecule has 2 aromatic rings. The zero-order valence-electron chi connectivity index (χ0n) is 10.5. The van der Waals surface area contributed by atoms with E-state index in [9.17, 15) is 4.39 Å². The first-order valence-electron chi connectivity index (χ1n) is 6.22. The van der Waals surface area contributed by atoms with E-state index in [1.165, 1.54) is 17.7 Å². The number of rotatable bonds is 5. The molecule has 1 unspecified atom stereocenters. The number of benzene rings is 2. The van der Waals surface area contributed by atoms with Crippen LogP contribution in [0.15, 0.2) is 54.6 Å². The fourth-order valence-electron chi connectivity index (χ4n) is 1.90. The second-order valence-electron chi connectivity index (χ2n) is 4.30. The molecule has 2 aromatic carbocycles. The van der Waals surface area contributed by atoms with E-state index < -0.39 is 6.04 Å². The topological polar surface area (TPSA) is 35.8 Å². The highest BCUT2D eigenvalue weighted by Gasteiger charge is 2.09. The monoisotopic (exact) mass is 254 g/mol. The maximum Gasteiger partial charge on any atom is 0.123 e. The number of nitrogens with zero attached hydrogens (tertiary/aromatic N) is 1. The Morgan fingerprint density at radius 1 is 1.05 bits per heavy atom. The van der Waals surface area contributed by atoms with Crippen LogP contribution in [0.5, 0.6) is 0 Å². The van der Waals surface area contributed by atoms with Crippen molar-refractivity contribution >= 4 is 0 Å². The van der Waals surface area contributed by atoms with E-state index in [1.54, 1.807) is 12.1 Å². The number of hydrogen-bond acceptors (Lipinski definition) is 2. The Kier molecular flexibility index (Phi) is 4.66. The van der Waals surface area contributed by atoms with Crippen LogP contribution in [0.2, 0.25) is 0 Å². The smallest absolute Gasteiger partial charge is 0.123 e. The van der Waals surface area contributed by atoms with Gasteiger partial charge < -0.3 is 0 Å². The molecule has 0 aliphatic carbocycles. The van der Waals surface area contributed by atoms with Crippen molar-refractivity contribution in [2.75, 3.05) is 6.54 Å². The SMILES string of the molecule is N#CC(NCCc1ccccc1)c1ccc(F)cc1. The summed E-state index contributed by atoms with van der Waals surface area (Å²) in [6.07, 6.45) is 0.861. The number of nitrogens with one attached hydrogen (secondary N) is 1. The van der Waals surface area contributed by atoms with Crippen molar-refractivity contribution in [2.24, 2.45) is 0 Å². The molecule has 0 bridgehead atoms. The van der Waals surface area contributed by atoms with Crippen LogP contribution in [-0.4, -0.2) is 6.54 Å². The number of hydrogen-bond donors (Lipinski definition) is 1. The van der Waals surface area contributed by atoms with Gasteiger partial charge in [-0.3, -0.25) is 5.32 Å². The predicted molar refractivity (Wildman–Crippen MR) is 72.9 cm³/mol. The lowest BCUT2D eigenvalue weighted by Crippen LogP contribution is -2.22. The molecule has 0 spiro atoms. The lowest BCUT2D eigenvalue weighted by molar-refractivity contribution is 0.614. The van der Waals surface area contributed by atoms with Crippen molar-refractivity contribution in [1.29, 1.82) is 5.26 Å². The maximum atomic E-state index is 12.8. The zero-order chi connectivity index (χ0) is 13.5. The molecule has 2 rings (SSSR count). The lowest BCUT2D eigenvalue weighted by atomic mass is 10.1. The third kappa shape index (κ3) is 3.90. The predicted octanol–water partition coefficient (Wildman–Crippen LogP) is 3.22. The molecule has 96 valence electrons. The Balaban J connectivity index is 1.90. The van der Waals surface area contributed by atoms with E-state index in [-0.39, 0.29) is 5.82 Å². The Hall–Kier alpha value is -2.18. The van der Waals surface area contributed by atoms with Crippen molar-refractivity contribution in [2.45, 2.75) is 12.5 Å². The van der Waals surface area contributed by atoms with Crippen LogP contribution in [-0.2, 0) is 6.42 Å². The fourth-order valence-corrected chi connectivity index (χ4v) is 1.90. The summed E-state index contributed by atoms with van der Waals surface area (Å²) in [5.74, 6) is -0.287. The second-order valence-corrected chi connectivity index (χ2v) is 4.30. The molecule has 0 aliphatic rings. The Morgan fingerprint density at radius 3 is 2.37 bits per heavy atom. The molecule has 19 heavy (non-hydrogen) atoms. The standard InChI is InChI=1S/C16H15FN2/c17-15-8-6-14(7-9-15)16(12-18)19-11-10-13-4-2-1-3-5-13/h1-9,16,19H,10-11H2. The minimum Gasteiger partial charge on any atom is -0.298 e. The average Bonchev–Trinajstić information content (AvgIpc) is 2.46. The molecule has 1 atom stereocenters. The Labute approximate surface area is 112 Å². The highest BCUT2D eigenvalue weighted by Crippen LogP contribution is 2.12. The van der Waals surface area contributed by atoms with E-state index in [2.05, 4.69) is 23.5 Å². The Morgan fingerprint density at radius 2 is 1.74 bits per heavy atom. The molecule has 2 nitrogen and oxygen atoms in total. The van der Waals surface area contributed by atoms with Gasteiger partial charge in [0.25, 0.3) is 0 Å². The molecular formula is C16H15FN2. The lowest BCUT2D eigenvalue weighted by Gasteiger charge is -2.11. The summed E-state index contributed by atoms with van der Waals surface area (Å²) >= 11 is 0. The largest absolute Gasteiger partial charge is 0.298 e. The van der Waals surface area contributed by atoms with E-state index in [0.717, 1.165) is 12.0 Å². The molecule has 0 saturated heterocycles. The summed E-state index contributed by atoms with van der Waals surface area (Å²) in [4.78, 5) is 0. The average molecular weight is 254 g/mol. The van der Waals surface area contributed by atoms with E-state index in [4.69, 9.17) is 5.26 Å². The summed E-state index contributed by atoms with van der Waals surface area (Å²) in [7, 11) is 0. The van der Waals surface area contributed by atoms with Crippen molar-refractivity contribution in [3.05, 3.63) is 71.5 Å². The van der Waals surface area contributed by atoms with Crippen molar-refractivity contribution < 1.29 is 4.39 Å². The van der Waals surface area contributed by atoms with Crippen LogP contribution in [0.3, 0.4) is 0 Å². The molecule has 0 radical (unpaired) electrons. The normalized spacial score (nSPS) is 11.8. The van der Waals surface area contributed by atoms with Gasteiger partial charge in [-0.2, -0.15) is 5.26 Å². The van der Waals surface area contributed by atoms with Gasteiger partial charge in [0, 0.05) is 6.54 Å². The molecule has 0 amide bonds. The van der Waals surface area contributed by atoms with Crippen molar-refractivity contribution in [3.63, 3.8) is 0 Å². The Bertz CT molecular complexity index is 543. The minimum absolute atomic E-state index is 0.287. The van der Waals surface area contributed by atoms with Crippen molar-refractivity contribution in [1.82, 2.24) is 5.32 Å². The van der Waals surface area contributed by atoms with Crippen LogP contribution in [0.4, 0.5) is 4.39 Å². The summed E-state index contributed by atoms with van der Waals surface area (Å²) in [5, 5.41) is 12.3. The van der Waals surface area contributed by atoms with Crippen LogP contribution >= 0.6 is 0 Å². The van der Waals surface area contributed by atoms with Gasteiger partial charge in [-0.05, 0) is 29.7 Å². The molecule has 0 aliphatic heterocycles. The van der Waals surface area contributed by atoms with E-state index >= 15 is 0 Å². The highest BCUT2D eigenvalue weighted by atomic mass is 19.1. The van der Waals surface area contributed by atoms with Gasteiger partial charge in [0.2, 0.25) is 0 Å². The molecule has 0 heterocycles. The van der Waals surface area contributed by atoms with Gasteiger partial charge in [0.05, 0.1) is 6.07 Å². The first-order chi connectivity index (χ1) is 9.29. The van der Waals surface area contributed by atoms with E-state index in [1.807, 2.05) is 18.2 Å². The summed E-state index contributed by atoms with van der Waals surface area (Å²) in [6.45, 7) is 0.708. The van der Waals surface area contributed by atoms with Gasteiger partial charge in [0.1, 0.15) is 11.9 Å². The quantitative estimate of drug-likeness (QED) is 0.889. The van der Waals surface area contributed by atoms with Crippen LogP contribution < -0.4 is 5.32 Å². The van der Waals surface area contributed by atoms with E-state index in [0.29, 0.717) is 6.54 Å². The summed E-state index contributed by atoms with van der Waals surface area (Å²) in [6, 6.07) is 17.9. The van der Waals surface area contributed by atoms with Crippen LogP contribution in [0.25, 0.3) is 0 Å². The summed E-state index contributed by atoms with van der Waals surface area (Å²) < 4.78 is 12.8. The van der Waals surface area contributed by atoms with Gasteiger partial charge in [-0.25, -0.2) is 4.39 Å². The highest BCUT2D eigenvalue weighted by molar-refractivity contribution is 5.24. The molecule has 0 aromatic heterocycles. The molecule has 1 N–H and O–H groups in total. The maximum absolute atomic E-state index is 12.8. The number of nitriles is 1. The van der Waals surface area contributed by atoms with Gasteiger partial charge in [-0.1, -0.05) is 42.5 Å². The summed E-state index contributed by atoms with van der Waals surface area (Å²) in [5.41, 5.74) is 2.02. The van der Waals surface area contributed by atoms with Gasteiger partial charge in [-0.15, -0.1) is 0 Å². The van der Waals surface area contributed by atoms with Crippen LogP contribution in [0, 0.1) is 17.1 Å². The first-order valence-corrected chi connectivity index (χ1v) is 6.22. The first kappa shape index (κ1) is 13.3. The number of halogens is 1. The van der Waals surface area contributed by atoms with Gasteiger partial charge >= 0.3 is 0 Å². The zero-order valence-corrected chi connectivity index (χ0v) is 10.5. The molecular weight excluding hydrogens is 239 g/mol. The second kappa shape index (κ2) is 6.67. The third-order valence-corrected chi connectivity index (χ3v) is 2.94. The molecule has 0 saturated carbocycles. The molecule has 3 heteroatoms. The minimum atomic E-state index is -0.399. The van der Waals surface area contributed by atoms with Crippen molar-refractivity contribution in [3.8, 4) is 6.07 Å². The van der Waals surface area contributed by atoms with Gasteiger partial charge in [0.15, 0.2) is 0 Å². The molecule has 0 fully saturated rings.